The summed E-state index contributed by atoms with van der Waals surface area (Å²) in [4.78, 5) is 17.3. The maximum atomic E-state index is 12.9. The smallest absolute Gasteiger partial charge is 0.253 e. The summed E-state index contributed by atoms with van der Waals surface area (Å²) in [7, 11) is 6.37. The van der Waals surface area contributed by atoms with Crippen molar-refractivity contribution in [3.63, 3.8) is 0 Å². The van der Waals surface area contributed by atoms with Gasteiger partial charge in [0.1, 0.15) is 5.75 Å². The van der Waals surface area contributed by atoms with Crippen LogP contribution in [0.2, 0.25) is 0 Å². The Morgan fingerprint density at radius 3 is 2.38 bits per heavy atom. The first-order valence-corrected chi connectivity index (χ1v) is 9.22. The lowest BCUT2D eigenvalue weighted by Gasteiger charge is -2.27. The molecule has 2 unspecified atom stereocenters. The lowest BCUT2D eigenvalue weighted by Crippen LogP contribution is -2.36. The van der Waals surface area contributed by atoms with E-state index in [1.165, 1.54) is 31.2 Å². The standard InChI is InChI=1S/C20H28N2O2/c1-21(2)17-9-15-11-18(12-16(15)10-17)22(3)20(23)14-4-5-19-13(8-14)6-7-24-19/h4-5,8,15-18H,6-7,9-12H2,1-3H3/t15-,16+,17?,18?. The highest BCUT2D eigenvalue weighted by molar-refractivity contribution is 5.94. The summed E-state index contributed by atoms with van der Waals surface area (Å²) >= 11 is 0. The number of benzene rings is 1. The van der Waals surface area contributed by atoms with Crippen LogP contribution in [0.5, 0.6) is 5.75 Å². The molecule has 24 heavy (non-hydrogen) atoms. The van der Waals surface area contributed by atoms with Crippen molar-refractivity contribution in [2.75, 3.05) is 27.7 Å². The molecule has 4 heteroatoms. The van der Waals surface area contributed by atoms with Gasteiger partial charge in [-0.25, -0.2) is 0 Å². The first-order chi connectivity index (χ1) is 11.5. The third-order valence-electron chi connectivity index (χ3n) is 6.50. The Hall–Kier alpha value is -1.55. The highest BCUT2D eigenvalue weighted by Crippen LogP contribution is 2.46. The fraction of sp³-hybridized carbons (Fsp3) is 0.650. The van der Waals surface area contributed by atoms with E-state index in [-0.39, 0.29) is 5.91 Å². The molecule has 0 aromatic heterocycles. The van der Waals surface area contributed by atoms with Gasteiger partial charge in [-0.15, -0.1) is 0 Å². The van der Waals surface area contributed by atoms with Crippen molar-refractivity contribution in [1.82, 2.24) is 9.80 Å². The maximum absolute atomic E-state index is 12.9. The number of carbonyl (C=O) groups excluding carboxylic acids is 1. The second-order valence-corrected chi connectivity index (χ2v) is 8.07. The van der Waals surface area contributed by atoms with Gasteiger partial charge in [-0.3, -0.25) is 4.79 Å². The van der Waals surface area contributed by atoms with Crippen LogP contribution in [0.3, 0.4) is 0 Å². The van der Waals surface area contributed by atoms with E-state index in [0.717, 1.165) is 42.2 Å². The normalized spacial score (nSPS) is 31.0. The number of nitrogens with zero attached hydrogens (tertiary/aromatic N) is 2. The molecule has 3 aliphatic rings. The van der Waals surface area contributed by atoms with E-state index in [1.54, 1.807) is 0 Å². The predicted molar refractivity (Wildman–Crippen MR) is 94.4 cm³/mol. The van der Waals surface area contributed by atoms with Crippen LogP contribution >= 0.6 is 0 Å². The van der Waals surface area contributed by atoms with Gasteiger partial charge in [0.25, 0.3) is 5.91 Å². The van der Waals surface area contributed by atoms with Crippen LogP contribution in [0.15, 0.2) is 18.2 Å². The Bertz CT molecular complexity index is 629. The quantitative estimate of drug-likeness (QED) is 0.855. The zero-order valence-corrected chi connectivity index (χ0v) is 15.0. The molecule has 1 aliphatic heterocycles. The van der Waals surface area contributed by atoms with Crippen LogP contribution in [0.1, 0.15) is 41.6 Å². The lowest BCUT2D eigenvalue weighted by molar-refractivity contribution is 0.0726. The van der Waals surface area contributed by atoms with Gasteiger partial charge in [-0.05, 0) is 75.4 Å². The van der Waals surface area contributed by atoms with Crippen LogP contribution in [-0.2, 0) is 6.42 Å². The lowest BCUT2D eigenvalue weighted by atomic mass is 10.0. The van der Waals surface area contributed by atoms with Gasteiger partial charge in [0.15, 0.2) is 0 Å². The number of hydrogen-bond acceptors (Lipinski definition) is 3. The Morgan fingerprint density at radius 1 is 1.04 bits per heavy atom. The molecule has 0 radical (unpaired) electrons. The molecule has 1 amide bonds. The van der Waals surface area contributed by atoms with Crippen molar-refractivity contribution in [2.24, 2.45) is 11.8 Å². The molecule has 130 valence electrons. The van der Waals surface area contributed by atoms with Crippen molar-refractivity contribution < 1.29 is 9.53 Å². The minimum atomic E-state index is 0.166. The highest BCUT2D eigenvalue weighted by atomic mass is 16.5. The van der Waals surface area contributed by atoms with Crippen molar-refractivity contribution in [3.8, 4) is 5.75 Å². The first kappa shape index (κ1) is 15.9. The molecule has 2 aliphatic carbocycles. The number of hydrogen-bond donors (Lipinski definition) is 0. The van der Waals surface area contributed by atoms with Crippen LogP contribution in [0.25, 0.3) is 0 Å². The number of amides is 1. The summed E-state index contributed by atoms with van der Waals surface area (Å²) in [6.45, 7) is 0.738. The topological polar surface area (TPSA) is 32.8 Å². The molecule has 2 saturated carbocycles. The highest BCUT2D eigenvalue weighted by Gasteiger charge is 2.44. The van der Waals surface area contributed by atoms with Gasteiger partial charge in [-0.2, -0.15) is 0 Å². The van der Waals surface area contributed by atoms with E-state index in [1.807, 2.05) is 30.1 Å². The fourth-order valence-electron chi connectivity index (χ4n) is 4.98. The second-order valence-electron chi connectivity index (χ2n) is 8.07. The number of carbonyl (C=O) groups is 1. The SMILES string of the molecule is CN(C)C1C[C@@H]2CC(N(C)C(=O)c3ccc4c(c3)CCO4)C[C@@H]2C1. The third-order valence-corrected chi connectivity index (χ3v) is 6.50. The largest absolute Gasteiger partial charge is 0.493 e. The van der Waals surface area contributed by atoms with Gasteiger partial charge in [0, 0.05) is 31.1 Å². The fourth-order valence-corrected chi connectivity index (χ4v) is 4.98. The zero-order valence-electron chi connectivity index (χ0n) is 15.0. The van der Waals surface area contributed by atoms with E-state index < -0.39 is 0 Å². The van der Waals surface area contributed by atoms with E-state index >= 15 is 0 Å². The van der Waals surface area contributed by atoms with Gasteiger partial charge >= 0.3 is 0 Å². The van der Waals surface area contributed by atoms with Gasteiger partial charge in [-0.1, -0.05) is 0 Å². The molecule has 0 saturated heterocycles. The molecular formula is C20H28N2O2. The summed E-state index contributed by atoms with van der Waals surface area (Å²) in [5.74, 6) is 2.70. The molecule has 4 rings (SSSR count). The molecule has 0 bridgehead atoms. The van der Waals surface area contributed by atoms with Gasteiger partial charge in [0.05, 0.1) is 6.61 Å². The summed E-state index contributed by atoms with van der Waals surface area (Å²) in [6.07, 6.45) is 5.86. The average molecular weight is 328 g/mol. The molecule has 4 atom stereocenters. The summed E-state index contributed by atoms with van der Waals surface area (Å²) in [5, 5.41) is 0. The second kappa shape index (κ2) is 6.07. The van der Waals surface area contributed by atoms with Crippen molar-refractivity contribution in [1.29, 1.82) is 0 Å². The number of fused-ring (bicyclic) bond motifs is 2. The minimum absolute atomic E-state index is 0.166. The zero-order chi connectivity index (χ0) is 16.8. The Labute approximate surface area is 144 Å². The Morgan fingerprint density at radius 2 is 1.71 bits per heavy atom. The van der Waals surface area contributed by atoms with Gasteiger partial charge < -0.3 is 14.5 Å². The molecule has 0 N–H and O–H groups in total. The Kier molecular flexibility index (Phi) is 4.03. The average Bonchev–Trinajstić information content (AvgIpc) is 3.25. The summed E-state index contributed by atoms with van der Waals surface area (Å²) in [5.41, 5.74) is 1.98. The summed E-state index contributed by atoms with van der Waals surface area (Å²) in [6, 6.07) is 7.03. The van der Waals surface area contributed by atoms with Crippen LogP contribution in [-0.4, -0.2) is 55.5 Å². The molecule has 4 nitrogen and oxygen atoms in total. The van der Waals surface area contributed by atoms with Crippen LogP contribution in [0, 0.1) is 11.8 Å². The van der Waals surface area contributed by atoms with Crippen LogP contribution in [0.4, 0.5) is 0 Å². The van der Waals surface area contributed by atoms with E-state index in [9.17, 15) is 4.79 Å². The van der Waals surface area contributed by atoms with Gasteiger partial charge in [0.2, 0.25) is 0 Å². The molecule has 2 fully saturated rings. The Balaban J connectivity index is 1.42. The van der Waals surface area contributed by atoms with Crippen molar-refractivity contribution in [3.05, 3.63) is 29.3 Å². The maximum Gasteiger partial charge on any atom is 0.253 e. The molecule has 0 spiro atoms. The third kappa shape index (κ3) is 2.71. The predicted octanol–water partition coefficient (Wildman–Crippen LogP) is 2.81. The number of rotatable bonds is 3. The monoisotopic (exact) mass is 328 g/mol. The van der Waals surface area contributed by atoms with E-state index in [2.05, 4.69) is 19.0 Å². The molecule has 1 aromatic rings. The first-order valence-electron chi connectivity index (χ1n) is 9.22. The molecule has 1 heterocycles. The number of ether oxygens (including phenoxy) is 1. The van der Waals surface area contributed by atoms with Crippen LogP contribution < -0.4 is 4.74 Å². The van der Waals surface area contributed by atoms with Crippen molar-refractivity contribution in [2.45, 2.75) is 44.2 Å². The van der Waals surface area contributed by atoms with Crippen molar-refractivity contribution >= 4 is 5.91 Å². The summed E-state index contributed by atoms with van der Waals surface area (Å²) < 4.78 is 5.54. The van der Waals surface area contributed by atoms with E-state index in [4.69, 9.17) is 4.74 Å². The minimum Gasteiger partial charge on any atom is -0.493 e. The molecule has 1 aromatic carbocycles. The molecular weight excluding hydrogens is 300 g/mol. The van der Waals surface area contributed by atoms with E-state index in [0.29, 0.717) is 6.04 Å².